The molecule has 0 unspecified atom stereocenters. The van der Waals surface area contributed by atoms with Crippen molar-refractivity contribution in [1.29, 1.82) is 0 Å². The van der Waals surface area contributed by atoms with Crippen molar-refractivity contribution < 1.29 is 14.3 Å². The maximum absolute atomic E-state index is 12.5. The highest BCUT2D eigenvalue weighted by molar-refractivity contribution is 6.32. The van der Waals surface area contributed by atoms with Gasteiger partial charge < -0.3 is 9.72 Å². The van der Waals surface area contributed by atoms with Crippen LogP contribution in [0.15, 0.2) is 12.3 Å². The van der Waals surface area contributed by atoms with Crippen molar-refractivity contribution in [3.63, 3.8) is 0 Å². The maximum Gasteiger partial charge on any atom is 0.172 e. The van der Waals surface area contributed by atoms with Crippen molar-refractivity contribution in [2.75, 3.05) is 7.11 Å². The molecule has 1 N–H and O–H groups in total. The summed E-state index contributed by atoms with van der Waals surface area (Å²) in [7, 11) is 1.59. The zero-order valence-corrected chi connectivity index (χ0v) is 12.7. The van der Waals surface area contributed by atoms with Crippen LogP contribution in [-0.4, -0.2) is 28.6 Å². The fraction of sp³-hybridized carbons (Fsp3) is 0.278. The second-order valence-corrected chi connectivity index (χ2v) is 6.23. The Bertz CT molecular complexity index is 1050. The monoisotopic (exact) mass is 306 g/mol. The van der Waals surface area contributed by atoms with Crippen molar-refractivity contribution in [1.82, 2.24) is 9.97 Å². The largest absolute Gasteiger partial charge is 0.495 e. The van der Waals surface area contributed by atoms with Crippen molar-refractivity contribution in [3.05, 3.63) is 34.5 Å². The molecule has 0 radical (unpaired) electrons. The van der Waals surface area contributed by atoms with Crippen molar-refractivity contribution in [2.45, 2.75) is 25.7 Å². The van der Waals surface area contributed by atoms with Gasteiger partial charge in [0.1, 0.15) is 11.4 Å². The van der Waals surface area contributed by atoms with Crippen LogP contribution in [0.3, 0.4) is 0 Å². The van der Waals surface area contributed by atoms with Crippen LogP contribution >= 0.6 is 0 Å². The Labute approximate surface area is 131 Å². The maximum atomic E-state index is 12.5. The molecule has 3 aromatic rings. The van der Waals surface area contributed by atoms with Gasteiger partial charge in [-0.15, -0.1) is 0 Å². The van der Waals surface area contributed by atoms with E-state index in [1.54, 1.807) is 13.3 Å². The Hall–Kier alpha value is -2.69. The summed E-state index contributed by atoms with van der Waals surface area (Å²) in [6, 6.07) is 1.89. The number of hydrogen-bond donors (Lipinski definition) is 1. The van der Waals surface area contributed by atoms with Gasteiger partial charge in [0, 0.05) is 21.9 Å². The first-order valence-corrected chi connectivity index (χ1v) is 7.78. The van der Waals surface area contributed by atoms with Gasteiger partial charge in [-0.25, -0.2) is 4.98 Å². The molecule has 1 aromatic carbocycles. The summed E-state index contributed by atoms with van der Waals surface area (Å²) in [4.78, 5) is 32.7. The number of benzene rings is 1. The summed E-state index contributed by atoms with van der Waals surface area (Å²) in [6.07, 6.45) is 4.48. The van der Waals surface area contributed by atoms with Gasteiger partial charge in [0.05, 0.1) is 25.2 Å². The second-order valence-electron chi connectivity index (χ2n) is 6.23. The first-order valence-electron chi connectivity index (χ1n) is 7.78. The van der Waals surface area contributed by atoms with Crippen LogP contribution in [0.25, 0.3) is 21.9 Å². The average Bonchev–Trinajstić information content (AvgIpc) is 3.22. The van der Waals surface area contributed by atoms with Crippen molar-refractivity contribution in [3.8, 4) is 5.75 Å². The van der Waals surface area contributed by atoms with E-state index in [-0.39, 0.29) is 18.0 Å². The van der Waals surface area contributed by atoms with E-state index in [0.717, 1.165) is 46.8 Å². The van der Waals surface area contributed by atoms with Crippen molar-refractivity contribution in [2.24, 2.45) is 0 Å². The summed E-state index contributed by atoms with van der Waals surface area (Å²) in [6.45, 7) is 0. The van der Waals surface area contributed by atoms with Crippen LogP contribution < -0.4 is 4.74 Å². The number of Topliss-reactive ketones (excluding diaryl/α,β-unsaturated/α-hetero) is 2. The van der Waals surface area contributed by atoms with Gasteiger partial charge in [0.2, 0.25) is 0 Å². The molecule has 2 aliphatic rings. The molecule has 0 bridgehead atoms. The SMILES string of the molecule is COc1cnc2[nH]c3c4c(c5c(c3c2c1)C(=O)CC5=O)CCC4. The Kier molecular flexibility index (Phi) is 2.33. The van der Waals surface area contributed by atoms with E-state index >= 15 is 0 Å². The van der Waals surface area contributed by atoms with E-state index in [1.807, 2.05) is 6.07 Å². The average molecular weight is 306 g/mol. The second kappa shape index (κ2) is 4.19. The number of aryl methyl sites for hydroxylation is 1. The molecule has 0 saturated carbocycles. The Morgan fingerprint density at radius 2 is 1.91 bits per heavy atom. The number of rotatable bonds is 1. The van der Waals surface area contributed by atoms with Crippen LogP contribution in [0, 0.1) is 0 Å². The highest BCUT2D eigenvalue weighted by atomic mass is 16.5. The molecule has 2 aliphatic carbocycles. The summed E-state index contributed by atoms with van der Waals surface area (Å²) in [5.74, 6) is 0.535. The lowest BCUT2D eigenvalue weighted by atomic mass is 9.94. The Balaban J connectivity index is 2.04. The van der Waals surface area contributed by atoms with Gasteiger partial charge in [-0.1, -0.05) is 0 Å². The van der Waals surface area contributed by atoms with E-state index in [0.29, 0.717) is 16.9 Å². The molecule has 0 fully saturated rings. The minimum atomic E-state index is -0.0755. The lowest BCUT2D eigenvalue weighted by Gasteiger charge is -2.08. The van der Waals surface area contributed by atoms with Crippen LogP contribution in [0.4, 0.5) is 0 Å². The van der Waals surface area contributed by atoms with Gasteiger partial charge in [-0.2, -0.15) is 0 Å². The third-order valence-electron chi connectivity index (χ3n) is 5.06. The van der Waals surface area contributed by atoms with E-state index in [2.05, 4.69) is 9.97 Å². The van der Waals surface area contributed by atoms with Gasteiger partial charge in [0.25, 0.3) is 0 Å². The van der Waals surface area contributed by atoms with E-state index in [1.165, 1.54) is 5.56 Å². The molecule has 0 atom stereocenters. The fourth-order valence-electron chi connectivity index (χ4n) is 4.13. The standard InChI is InChI=1S/C18H14N2O3/c1-23-8-5-11-15-16-13(22)6-12(21)14(16)9-3-2-4-10(9)17(15)20-18(11)19-7-8/h5,7H,2-4,6H2,1H3,(H,19,20). The topological polar surface area (TPSA) is 72.0 Å². The molecule has 0 spiro atoms. The molecule has 2 heterocycles. The predicted octanol–water partition coefficient (Wildman–Crippen LogP) is 2.98. The molecule has 5 nitrogen and oxygen atoms in total. The molecule has 5 rings (SSSR count). The van der Waals surface area contributed by atoms with Crippen LogP contribution in [0.5, 0.6) is 5.75 Å². The smallest absolute Gasteiger partial charge is 0.172 e. The number of pyridine rings is 1. The molecule has 2 aromatic heterocycles. The summed E-state index contributed by atoms with van der Waals surface area (Å²) in [5, 5.41) is 1.70. The molecule has 0 amide bonds. The number of ketones is 2. The molecular weight excluding hydrogens is 292 g/mol. The molecule has 23 heavy (non-hydrogen) atoms. The predicted molar refractivity (Wildman–Crippen MR) is 85.5 cm³/mol. The number of nitrogens with zero attached hydrogens (tertiary/aromatic N) is 1. The number of hydrogen-bond acceptors (Lipinski definition) is 4. The van der Waals surface area contributed by atoms with Crippen LogP contribution in [-0.2, 0) is 12.8 Å². The quantitative estimate of drug-likeness (QED) is 0.702. The van der Waals surface area contributed by atoms with E-state index < -0.39 is 0 Å². The number of aromatic nitrogens is 2. The number of fused-ring (bicyclic) bond motifs is 8. The Morgan fingerprint density at radius 1 is 1.13 bits per heavy atom. The first-order chi connectivity index (χ1) is 11.2. The highest BCUT2D eigenvalue weighted by Crippen LogP contribution is 2.43. The van der Waals surface area contributed by atoms with Crippen molar-refractivity contribution >= 4 is 33.5 Å². The molecule has 114 valence electrons. The number of carbonyl (C=O) groups excluding carboxylic acids is 2. The summed E-state index contributed by atoms with van der Waals surface area (Å²) in [5.41, 5.74) is 5.21. The zero-order valence-electron chi connectivity index (χ0n) is 12.7. The lowest BCUT2D eigenvalue weighted by molar-refractivity contribution is 0.0923. The molecule has 5 heteroatoms. The van der Waals surface area contributed by atoms with Gasteiger partial charge >= 0.3 is 0 Å². The van der Waals surface area contributed by atoms with Gasteiger partial charge in [0.15, 0.2) is 11.6 Å². The summed E-state index contributed by atoms with van der Waals surface area (Å²) >= 11 is 0. The number of ether oxygens (including phenoxy) is 1. The first kappa shape index (κ1) is 12.8. The normalized spacial score (nSPS) is 16.4. The zero-order chi connectivity index (χ0) is 15.7. The number of carbonyl (C=O) groups is 2. The van der Waals surface area contributed by atoms with Gasteiger partial charge in [-0.3, -0.25) is 9.59 Å². The molecule has 0 saturated heterocycles. The van der Waals surface area contributed by atoms with Crippen LogP contribution in [0.2, 0.25) is 0 Å². The summed E-state index contributed by atoms with van der Waals surface area (Å²) < 4.78 is 5.27. The number of nitrogens with one attached hydrogen (secondary N) is 1. The van der Waals surface area contributed by atoms with E-state index in [9.17, 15) is 9.59 Å². The van der Waals surface area contributed by atoms with Gasteiger partial charge in [-0.05, 0) is 36.5 Å². The highest BCUT2D eigenvalue weighted by Gasteiger charge is 2.36. The lowest BCUT2D eigenvalue weighted by Crippen LogP contribution is -2.00. The third-order valence-corrected chi connectivity index (χ3v) is 5.06. The third kappa shape index (κ3) is 1.49. The minimum absolute atomic E-state index is 0.00897. The number of H-pyrrole nitrogens is 1. The Morgan fingerprint density at radius 3 is 2.74 bits per heavy atom. The number of methoxy groups -OCH3 is 1. The minimum Gasteiger partial charge on any atom is -0.495 e. The fourth-order valence-corrected chi connectivity index (χ4v) is 4.13. The van der Waals surface area contributed by atoms with E-state index in [4.69, 9.17) is 4.74 Å². The molecule has 0 aliphatic heterocycles. The number of aromatic amines is 1. The molecular formula is C18H14N2O3. The van der Waals surface area contributed by atoms with Crippen LogP contribution in [0.1, 0.15) is 44.7 Å².